The molecule has 0 radical (unpaired) electrons. The fourth-order valence-electron chi connectivity index (χ4n) is 2.16. The summed E-state index contributed by atoms with van der Waals surface area (Å²) in [6.45, 7) is 7.00. The van der Waals surface area contributed by atoms with E-state index < -0.39 is 27.5 Å². The van der Waals surface area contributed by atoms with E-state index >= 15 is 0 Å². The van der Waals surface area contributed by atoms with Crippen LogP contribution in [0, 0.1) is 0 Å². The van der Waals surface area contributed by atoms with E-state index in [-0.39, 0.29) is 4.90 Å². The lowest BCUT2D eigenvalue weighted by Crippen LogP contribution is -2.33. The average Bonchev–Trinajstić information content (AvgIpc) is 2.55. The van der Waals surface area contributed by atoms with Crippen LogP contribution < -0.4 is 4.74 Å². The summed E-state index contributed by atoms with van der Waals surface area (Å²) in [5.74, 6) is 0.0239. The van der Waals surface area contributed by atoms with E-state index in [4.69, 9.17) is 21.1 Å². The van der Waals surface area contributed by atoms with Gasteiger partial charge in [0.1, 0.15) is 11.4 Å². The van der Waals surface area contributed by atoms with Crippen LogP contribution in [-0.2, 0) is 19.4 Å². The Morgan fingerprint density at radius 3 is 2.25 bits per heavy atom. The number of sulfone groups is 1. The Balaban J connectivity index is 2.21. The second-order valence-corrected chi connectivity index (χ2v) is 10.8. The van der Waals surface area contributed by atoms with Crippen molar-refractivity contribution in [1.82, 2.24) is 0 Å². The maximum absolute atomic E-state index is 12.2. The molecule has 0 N–H and O–H groups in total. The molecular weight excluding hydrogens is 420 g/mol. The highest BCUT2D eigenvalue weighted by Crippen LogP contribution is 2.37. The molecule has 0 spiro atoms. The van der Waals surface area contributed by atoms with E-state index in [1.807, 2.05) is 0 Å². The number of hydrogen-bond donors (Lipinski definition) is 0. The zero-order valence-electron chi connectivity index (χ0n) is 16.4. The number of carbonyl (C=O) groups excluding carboxylic acids is 1. The molecule has 2 aromatic carbocycles. The van der Waals surface area contributed by atoms with Crippen LogP contribution in [0.25, 0.3) is 0 Å². The first-order chi connectivity index (χ1) is 12.8. The van der Waals surface area contributed by atoms with Crippen LogP contribution in [0.1, 0.15) is 27.7 Å². The van der Waals surface area contributed by atoms with E-state index in [1.54, 1.807) is 70.2 Å². The molecule has 5 nitrogen and oxygen atoms in total. The molecule has 0 heterocycles. The first-order valence-corrected chi connectivity index (χ1v) is 11.6. The van der Waals surface area contributed by atoms with E-state index in [1.165, 1.54) is 11.8 Å². The largest absolute Gasteiger partial charge is 0.478 e. The first-order valence-electron chi connectivity index (χ1n) is 8.52. The molecule has 0 saturated carbocycles. The van der Waals surface area contributed by atoms with Crippen molar-refractivity contribution >= 4 is 39.2 Å². The van der Waals surface area contributed by atoms with Crippen molar-refractivity contribution in [3.63, 3.8) is 0 Å². The Hall–Kier alpha value is -1.70. The van der Waals surface area contributed by atoms with Gasteiger partial charge < -0.3 is 9.47 Å². The lowest BCUT2D eigenvalue weighted by Gasteiger charge is -2.23. The molecule has 0 unspecified atom stereocenters. The Morgan fingerprint density at radius 2 is 1.71 bits per heavy atom. The van der Waals surface area contributed by atoms with Crippen molar-refractivity contribution in [2.75, 3.05) is 6.26 Å². The van der Waals surface area contributed by atoms with Crippen molar-refractivity contribution in [1.29, 1.82) is 0 Å². The second-order valence-electron chi connectivity index (χ2n) is 7.23. The molecule has 0 aliphatic heterocycles. The summed E-state index contributed by atoms with van der Waals surface area (Å²) >= 11 is 7.47. The van der Waals surface area contributed by atoms with Gasteiger partial charge in [-0.25, -0.2) is 13.2 Å². The van der Waals surface area contributed by atoms with Gasteiger partial charge in [-0.1, -0.05) is 23.4 Å². The van der Waals surface area contributed by atoms with Gasteiger partial charge in [-0.3, -0.25) is 0 Å². The Kier molecular flexibility index (Phi) is 7.07. The molecule has 8 heteroatoms. The van der Waals surface area contributed by atoms with Gasteiger partial charge in [0, 0.05) is 16.2 Å². The van der Waals surface area contributed by atoms with Crippen molar-refractivity contribution in [2.24, 2.45) is 0 Å². The van der Waals surface area contributed by atoms with E-state index in [0.29, 0.717) is 15.7 Å². The molecule has 2 aromatic rings. The molecule has 0 saturated heterocycles. The minimum atomic E-state index is -3.25. The SMILES string of the molecule is C[C@H](Oc1ccc(Cl)cc1Sc1ccc(S(C)(=O)=O)cc1)C(=O)OC(C)(C)C. The third kappa shape index (κ3) is 6.72. The minimum Gasteiger partial charge on any atom is -0.478 e. The zero-order valence-corrected chi connectivity index (χ0v) is 18.7. The maximum atomic E-state index is 12.2. The Labute approximate surface area is 175 Å². The summed E-state index contributed by atoms with van der Waals surface area (Å²) in [7, 11) is -3.25. The third-order valence-electron chi connectivity index (χ3n) is 3.43. The molecular formula is C20H23ClO5S2. The number of ether oxygens (including phenoxy) is 2. The molecule has 0 aromatic heterocycles. The molecule has 0 bridgehead atoms. The molecule has 0 aliphatic carbocycles. The predicted octanol–water partition coefficient (Wildman–Crippen LogP) is 5.00. The van der Waals surface area contributed by atoms with Crippen molar-refractivity contribution in [2.45, 2.75) is 54.1 Å². The zero-order chi connectivity index (χ0) is 21.1. The van der Waals surface area contributed by atoms with Crippen LogP contribution in [0.4, 0.5) is 0 Å². The lowest BCUT2D eigenvalue weighted by molar-refractivity contribution is -0.162. The van der Waals surface area contributed by atoms with Gasteiger partial charge in [0.2, 0.25) is 0 Å². The highest BCUT2D eigenvalue weighted by molar-refractivity contribution is 7.99. The highest BCUT2D eigenvalue weighted by Gasteiger charge is 2.24. The van der Waals surface area contributed by atoms with Gasteiger partial charge in [0.25, 0.3) is 0 Å². The van der Waals surface area contributed by atoms with Gasteiger partial charge in [-0.15, -0.1) is 0 Å². The van der Waals surface area contributed by atoms with Crippen LogP contribution in [0.3, 0.4) is 0 Å². The summed E-state index contributed by atoms with van der Waals surface area (Å²) in [5, 5.41) is 0.521. The number of carbonyl (C=O) groups is 1. The minimum absolute atomic E-state index is 0.248. The maximum Gasteiger partial charge on any atom is 0.347 e. The summed E-state index contributed by atoms with van der Waals surface area (Å²) in [6.07, 6.45) is 0.364. The van der Waals surface area contributed by atoms with Crippen LogP contribution in [-0.4, -0.2) is 32.3 Å². The number of esters is 1. The predicted molar refractivity (Wildman–Crippen MR) is 111 cm³/mol. The van der Waals surface area contributed by atoms with Crippen LogP contribution in [0.5, 0.6) is 5.75 Å². The summed E-state index contributed by atoms with van der Waals surface area (Å²) in [4.78, 5) is 14.0. The van der Waals surface area contributed by atoms with E-state index in [0.717, 1.165) is 11.2 Å². The molecule has 152 valence electrons. The van der Waals surface area contributed by atoms with E-state index in [9.17, 15) is 13.2 Å². The van der Waals surface area contributed by atoms with Gasteiger partial charge in [-0.05, 0) is 70.2 Å². The van der Waals surface area contributed by atoms with Gasteiger partial charge in [-0.2, -0.15) is 0 Å². The molecule has 1 atom stereocenters. The Morgan fingerprint density at radius 1 is 1.11 bits per heavy atom. The normalized spacial score (nSPS) is 13.1. The van der Waals surface area contributed by atoms with Gasteiger partial charge in [0.15, 0.2) is 15.9 Å². The summed E-state index contributed by atoms with van der Waals surface area (Å²) in [6, 6.07) is 11.6. The first kappa shape index (κ1) is 22.6. The van der Waals surface area contributed by atoms with Crippen molar-refractivity contribution in [3.05, 3.63) is 47.5 Å². The number of halogens is 1. The van der Waals surface area contributed by atoms with Crippen LogP contribution in [0.15, 0.2) is 57.2 Å². The summed E-state index contributed by atoms with van der Waals surface area (Å²) in [5.41, 5.74) is -0.604. The van der Waals surface area contributed by atoms with Crippen molar-refractivity contribution in [3.8, 4) is 5.75 Å². The van der Waals surface area contributed by atoms with Crippen molar-refractivity contribution < 1.29 is 22.7 Å². The topological polar surface area (TPSA) is 69.7 Å². The molecule has 28 heavy (non-hydrogen) atoms. The quantitative estimate of drug-likeness (QED) is 0.586. The monoisotopic (exact) mass is 442 g/mol. The fraction of sp³-hybridized carbons (Fsp3) is 0.350. The molecule has 0 aliphatic rings. The third-order valence-corrected chi connectivity index (χ3v) is 5.84. The van der Waals surface area contributed by atoms with Gasteiger partial charge in [0.05, 0.1) is 9.79 Å². The highest BCUT2D eigenvalue weighted by atomic mass is 35.5. The number of rotatable bonds is 6. The van der Waals surface area contributed by atoms with Crippen LogP contribution >= 0.6 is 23.4 Å². The molecule has 0 fully saturated rings. The smallest absolute Gasteiger partial charge is 0.347 e. The molecule has 0 amide bonds. The number of benzene rings is 2. The van der Waals surface area contributed by atoms with Gasteiger partial charge >= 0.3 is 5.97 Å². The van der Waals surface area contributed by atoms with E-state index in [2.05, 4.69) is 0 Å². The van der Waals surface area contributed by atoms with Crippen LogP contribution in [0.2, 0.25) is 5.02 Å². The average molecular weight is 443 g/mol. The summed E-state index contributed by atoms with van der Waals surface area (Å²) < 4.78 is 34.3. The second kappa shape index (κ2) is 8.76. The fourth-order valence-corrected chi connectivity index (χ4v) is 3.96. The Bertz CT molecular complexity index is 948. The standard InChI is InChI=1S/C20H23ClO5S2/c1-13(19(22)26-20(2,3)4)25-17-11-6-14(21)12-18(17)27-15-7-9-16(10-8-15)28(5,23)24/h6-13H,1-5H3/t13-/m0/s1. The lowest BCUT2D eigenvalue weighted by atomic mass is 10.2. The number of hydrogen-bond acceptors (Lipinski definition) is 6. The molecule has 2 rings (SSSR count).